The smallest absolute Gasteiger partial charge is 0.141 e. The lowest BCUT2D eigenvalue weighted by Gasteiger charge is -2.46. The minimum Gasteiger partial charge on any atom is -0.494 e. The standard InChI is InChI=1S/C39H43ClO5/c1-4-34-26(3)36(43-24-28-12-8-6-9-13-28)39(44-25-29-14-10-7-11-15-29)38(45-34)33-23-30(35(40)37-32(33)20-21-42-37)22-27-16-18-31(19-17-27)41-5-2/h6-19,23,26,34,36,38-39H,4-5,20-22,24-25H2,1-3H3/t26-,34-,36+,38+,39-/m1/s1. The van der Waals surface area contributed by atoms with Gasteiger partial charge in [-0.05, 0) is 59.7 Å². The quantitative estimate of drug-likeness (QED) is 0.157. The Morgan fingerprint density at radius 3 is 2.07 bits per heavy atom. The van der Waals surface area contributed by atoms with Gasteiger partial charge in [0.2, 0.25) is 0 Å². The van der Waals surface area contributed by atoms with E-state index in [1.165, 1.54) is 0 Å². The first-order valence-electron chi connectivity index (χ1n) is 16.2. The highest BCUT2D eigenvalue weighted by molar-refractivity contribution is 6.33. The van der Waals surface area contributed by atoms with Crippen LogP contribution < -0.4 is 9.47 Å². The van der Waals surface area contributed by atoms with E-state index in [0.717, 1.165) is 57.7 Å². The maximum absolute atomic E-state index is 7.05. The summed E-state index contributed by atoms with van der Waals surface area (Å²) in [5, 5.41) is 0.676. The fraction of sp³-hybridized carbons (Fsp3) is 0.385. The van der Waals surface area contributed by atoms with Gasteiger partial charge in [-0.15, -0.1) is 0 Å². The lowest BCUT2D eigenvalue weighted by Crippen LogP contribution is -2.52. The summed E-state index contributed by atoms with van der Waals surface area (Å²) in [6.07, 6.45) is 1.47. The second-order valence-electron chi connectivity index (χ2n) is 12.0. The summed E-state index contributed by atoms with van der Waals surface area (Å²) in [4.78, 5) is 0. The zero-order valence-electron chi connectivity index (χ0n) is 26.4. The van der Waals surface area contributed by atoms with E-state index in [-0.39, 0.29) is 30.3 Å². The Balaban J connectivity index is 1.37. The predicted octanol–water partition coefficient (Wildman–Crippen LogP) is 8.92. The molecule has 4 aromatic carbocycles. The van der Waals surface area contributed by atoms with Gasteiger partial charge in [0.15, 0.2) is 0 Å². The lowest BCUT2D eigenvalue weighted by atomic mass is 9.82. The Morgan fingerprint density at radius 2 is 1.44 bits per heavy atom. The SMILES string of the molecule is CCOc1ccc(Cc2cc([C@@H]3O[C@H](CC)[C@@H](C)[C@H](OCc4ccccc4)[C@H]3OCc3ccccc3)c3c(c2Cl)OCC3)cc1. The Morgan fingerprint density at radius 1 is 0.800 bits per heavy atom. The maximum atomic E-state index is 7.05. The van der Waals surface area contributed by atoms with Crippen LogP contribution in [0.25, 0.3) is 0 Å². The molecule has 2 heterocycles. The van der Waals surface area contributed by atoms with E-state index in [0.29, 0.717) is 37.9 Å². The van der Waals surface area contributed by atoms with Crippen molar-refractivity contribution in [2.75, 3.05) is 13.2 Å². The summed E-state index contributed by atoms with van der Waals surface area (Å²) in [6, 6.07) is 31.1. The largest absolute Gasteiger partial charge is 0.494 e. The first kappa shape index (κ1) is 31.6. The fourth-order valence-electron chi connectivity index (χ4n) is 6.64. The molecule has 1 fully saturated rings. The third-order valence-corrected chi connectivity index (χ3v) is 9.40. The molecule has 0 N–H and O–H groups in total. The second-order valence-corrected chi connectivity index (χ2v) is 12.4. The van der Waals surface area contributed by atoms with Crippen molar-refractivity contribution in [3.63, 3.8) is 0 Å². The highest BCUT2D eigenvalue weighted by Crippen LogP contribution is 2.47. The average molecular weight is 627 g/mol. The molecule has 4 aromatic rings. The number of hydrogen-bond donors (Lipinski definition) is 0. The number of rotatable bonds is 12. The third-order valence-electron chi connectivity index (χ3n) is 8.99. The zero-order chi connectivity index (χ0) is 31.2. The maximum Gasteiger partial charge on any atom is 0.141 e. The van der Waals surface area contributed by atoms with Crippen molar-refractivity contribution in [2.24, 2.45) is 5.92 Å². The van der Waals surface area contributed by atoms with Crippen LogP contribution in [0.3, 0.4) is 0 Å². The van der Waals surface area contributed by atoms with E-state index < -0.39 is 0 Å². The normalized spacial score (nSPS) is 22.5. The molecule has 0 saturated carbocycles. The molecule has 236 valence electrons. The van der Waals surface area contributed by atoms with Crippen molar-refractivity contribution >= 4 is 11.6 Å². The van der Waals surface area contributed by atoms with Gasteiger partial charge >= 0.3 is 0 Å². The molecule has 6 rings (SSSR count). The van der Waals surface area contributed by atoms with Gasteiger partial charge in [-0.25, -0.2) is 0 Å². The van der Waals surface area contributed by atoms with Gasteiger partial charge in [0.1, 0.15) is 23.7 Å². The van der Waals surface area contributed by atoms with Crippen molar-refractivity contribution in [1.82, 2.24) is 0 Å². The van der Waals surface area contributed by atoms with E-state index in [1.54, 1.807) is 0 Å². The lowest BCUT2D eigenvalue weighted by molar-refractivity contribution is -0.235. The summed E-state index contributed by atoms with van der Waals surface area (Å²) < 4.78 is 32.5. The number of fused-ring (bicyclic) bond motifs is 1. The molecule has 5 atom stereocenters. The van der Waals surface area contributed by atoms with Crippen LogP contribution in [-0.4, -0.2) is 31.5 Å². The second kappa shape index (κ2) is 14.8. The monoisotopic (exact) mass is 626 g/mol. The third kappa shape index (κ3) is 7.23. The molecular weight excluding hydrogens is 584 g/mol. The fourth-order valence-corrected chi connectivity index (χ4v) is 6.93. The number of hydrogen-bond acceptors (Lipinski definition) is 5. The van der Waals surface area contributed by atoms with Crippen molar-refractivity contribution in [3.8, 4) is 11.5 Å². The van der Waals surface area contributed by atoms with Crippen LogP contribution in [-0.2, 0) is 40.3 Å². The molecule has 0 aromatic heterocycles. The van der Waals surface area contributed by atoms with Crippen LogP contribution in [0.5, 0.6) is 11.5 Å². The van der Waals surface area contributed by atoms with Gasteiger partial charge in [-0.1, -0.05) is 104 Å². The van der Waals surface area contributed by atoms with E-state index >= 15 is 0 Å². The van der Waals surface area contributed by atoms with E-state index in [2.05, 4.69) is 68.4 Å². The molecule has 5 nitrogen and oxygen atoms in total. The topological polar surface area (TPSA) is 46.2 Å². The predicted molar refractivity (Wildman–Crippen MR) is 178 cm³/mol. The minimum atomic E-state index is -0.345. The van der Waals surface area contributed by atoms with Gasteiger partial charge in [-0.3, -0.25) is 0 Å². The van der Waals surface area contributed by atoms with Crippen molar-refractivity contribution < 1.29 is 23.7 Å². The van der Waals surface area contributed by atoms with Crippen LogP contribution in [0.4, 0.5) is 0 Å². The molecule has 6 heteroatoms. The number of benzene rings is 4. The van der Waals surface area contributed by atoms with E-state index in [1.807, 2.05) is 43.3 Å². The van der Waals surface area contributed by atoms with Crippen LogP contribution in [0.15, 0.2) is 91.0 Å². The summed E-state index contributed by atoms with van der Waals surface area (Å²) in [6.45, 7) is 8.61. The molecule has 1 saturated heterocycles. The molecule has 45 heavy (non-hydrogen) atoms. The summed E-state index contributed by atoms with van der Waals surface area (Å²) >= 11 is 7.05. The molecule has 2 aliphatic heterocycles. The first-order valence-corrected chi connectivity index (χ1v) is 16.6. The van der Waals surface area contributed by atoms with Gasteiger partial charge in [-0.2, -0.15) is 0 Å². The van der Waals surface area contributed by atoms with Crippen LogP contribution in [0.1, 0.15) is 66.7 Å². The highest BCUT2D eigenvalue weighted by atomic mass is 35.5. The van der Waals surface area contributed by atoms with Crippen LogP contribution >= 0.6 is 11.6 Å². The van der Waals surface area contributed by atoms with E-state index in [4.69, 9.17) is 35.3 Å². The Hall–Kier alpha value is -3.35. The molecule has 0 spiro atoms. The Labute approximate surface area is 272 Å². The zero-order valence-corrected chi connectivity index (χ0v) is 27.2. The summed E-state index contributed by atoms with van der Waals surface area (Å²) in [5.74, 6) is 1.77. The molecule has 0 unspecified atom stereocenters. The molecule has 2 aliphatic rings. The van der Waals surface area contributed by atoms with Gasteiger partial charge in [0.05, 0.1) is 43.7 Å². The van der Waals surface area contributed by atoms with Crippen molar-refractivity contribution in [3.05, 3.63) is 129 Å². The molecular formula is C39H43ClO5. The number of halogens is 1. The molecule has 0 bridgehead atoms. The Kier molecular flexibility index (Phi) is 10.4. The van der Waals surface area contributed by atoms with Gasteiger partial charge in [0.25, 0.3) is 0 Å². The van der Waals surface area contributed by atoms with Crippen molar-refractivity contribution in [2.45, 2.75) is 77.7 Å². The highest BCUT2D eigenvalue weighted by Gasteiger charge is 2.46. The van der Waals surface area contributed by atoms with Gasteiger partial charge < -0.3 is 23.7 Å². The van der Waals surface area contributed by atoms with Gasteiger partial charge in [0, 0.05) is 17.9 Å². The van der Waals surface area contributed by atoms with Crippen LogP contribution in [0.2, 0.25) is 5.02 Å². The minimum absolute atomic E-state index is 0.00978. The van der Waals surface area contributed by atoms with Crippen LogP contribution in [0, 0.1) is 5.92 Å². The van der Waals surface area contributed by atoms with E-state index in [9.17, 15) is 0 Å². The first-order chi connectivity index (χ1) is 22.1. The summed E-state index contributed by atoms with van der Waals surface area (Å²) in [7, 11) is 0. The molecule has 0 amide bonds. The Bertz CT molecular complexity index is 1530. The van der Waals surface area contributed by atoms with Crippen molar-refractivity contribution in [1.29, 1.82) is 0 Å². The number of ether oxygens (including phenoxy) is 5. The molecule has 0 aliphatic carbocycles. The summed E-state index contributed by atoms with van der Waals surface area (Å²) in [5.41, 5.74) is 6.61. The molecule has 0 radical (unpaired) electrons. The average Bonchev–Trinajstić information content (AvgIpc) is 3.57.